The van der Waals surface area contributed by atoms with Crippen molar-refractivity contribution in [2.45, 2.75) is 0 Å². The van der Waals surface area contributed by atoms with Crippen molar-refractivity contribution >= 4 is 11.9 Å². The highest BCUT2D eigenvalue weighted by atomic mass is 16.7. The number of phenolic OH excluding ortho intramolecular Hbond substituents is 1. The number of fused-ring (bicyclic) bond motifs is 1. The van der Waals surface area contributed by atoms with E-state index >= 15 is 0 Å². The number of ketones is 1. The van der Waals surface area contributed by atoms with E-state index in [1.165, 1.54) is 19.3 Å². The molecule has 1 heterocycles. The molecule has 1 aliphatic rings. The fourth-order valence-electron chi connectivity index (χ4n) is 2.12. The summed E-state index contributed by atoms with van der Waals surface area (Å²) in [6.07, 6.45) is 3.12. The average molecular weight is 298 g/mol. The summed E-state index contributed by atoms with van der Waals surface area (Å²) in [6, 6.07) is 9.93. The molecule has 0 saturated carbocycles. The van der Waals surface area contributed by atoms with Crippen molar-refractivity contribution in [2.24, 2.45) is 0 Å². The van der Waals surface area contributed by atoms with E-state index in [0.717, 1.165) is 5.56 Å². The molecule has 22 heavy (non-hydrogen) atoms. The van der Waals surface area contributed by atoms with E-state index in [2.05, 4.69) is 0 Å². The zero-order valence-electron chi connectivity index (χ0n) is 11.9. The van der Waals surface area contributed by atoms with Gasteiger partial charge in [0.1, 0.15) is 0 Å². The Kier molecular flexibility index (Phi) is 3.70. The van der Waals surface area contributed by atoms with E-state index in [-0.39, 0.29) is 18.3 Å². The van der Waals surface area contributed by atoms with Gasteiger partial charge < -0.3 is 19.3 Å². The van der Waals surface area contributed by atoms with Gasteiger partial charge in [-0.05, 0) is 42.0 Å². The standard InChI is InChI=1S/C17H14O5/c1-20-16-8-11(3-6-14(16)19)2-5-13(18)12-4-7-15-17(9-12)22-10-21-15/h2-9,19H,10H2,1H3/b5-2+. The normalized spacial score (nSPS) is 12.6. The second-order valence-electron chi connectivity index (χ2n) is 4.70. The quantitative estimate of drug-likeness (QED) is 0.694. The lowest BCUT2D eigenvalue weighted by atomic mass is 10.1. The zero-order valence-corrected chi connectivity index (χ0v) is 11.9. The number of hydrogen-bond acceptors (Lipinski definition) is 5. The maximum Gasteiger partial charge on any atom is 0.231 e. The summed E-state index contributed by atoms with van der Waals surface area (Å²) in [5.74, 6) is 1.49. The molecule has 3 rings (SSSR count). The number of phenols is 1. The van der Waals surface area contributed by atoms with Crippen molar-refractivity contribution in [2.75, 3.05) is 13.9 Å². The molecule has 0 unspecified atom stereocenters. The molecule has 0 fully saturated rings. The molecular formula is C17H14O5. The number of aromatic hydroxyl groups is 1. The maximum atomic E-state index is 12.2. The minimum Gasteiger partial charge on any atom is -0.504 e. The lowest BCUT2D eigenvalue weighted by molar-refractivity contribution is 0.104. The molecular weight excluding hydrogens is 284 g/mol. The maximum absolute atomic E-state index is 12.2. The van der Waals surface area contributed by atoms with Crippen LogP contribution in [-0.4, -0.2) is 24.8 Å². The molecule has 1 aliphatic heterocycles. The molecule has 0 aliphatic carbocycles. The van der Waals surface area contributed by atoms with Gasteiger partial charge in [0, 0.05) is 5.56 Å². The summed E-state index contributed by atoms with van der Waals surface area (Å²) in [5.41, 5.74) is 1.27. The molecule has 0 atom stereocenters. The van der Waals surface area contributed by atoms with Crippen LogP contribution in [0, 0.1) is 0 Å². The van der Waals surface area contributed by atoms with Crippen molar-refractivity contribution in [1.29, 1.82) is 0 Å². The number of benzene rings is 2. The summed E-state index contributed by atoms with van der Waals surface area (Å²) >= 11 is 0. The van der Waals surface area contributed by atoms with E-state index < -0.39 is 0 Å². The molecule has 0 amide bonds. The fourth-order valence-corrected chi connectivity index (χ4v) is 2.12. The Morgan fingerprint density at radius 1 is 1.18 bits per heavy atom. The molecule has 0 spiro atoms. The smallest absolute Gasteiger partial charge is 0.231 e. The molecule has 0 saturated heterocycles. The first-order chi connectivity index (χ1) is 10.7. The van der Waals surface area contributed by atoms with Gasteiger partial charge >= 0.3 is 0 Å². The first-order valence-electron chi connectivity index (χ1n) is 6.66. The van der Waals surface area contributed by atoms with Gasteiger partial charge in [0.15, 0.2) is 28.8 Å². The molecule has 2 aromatic carbocycles. The Hall–Kier alpha value is -2.95. The molecule has 5 heteroatoms. The summed E-state index contributed by atoms with van der Waals surface area (Å²) in [6.45, 7) is 0.177. The van der Waals surface area contributed by atoms with E-state index in [1.54, 1.807) is 36.4 Å². The van der Waals surface area contributed by atoms with Crippen molar-refractivity contribution in [1.82, 2.24) is 0 Å². The van der Waals surface area contributed by atoms with E-state index in [1.807, 2.05) is 0 Å². The fraction of sp³-hybridized carbons (Fsp3) is 0.118. The Morgan fingerprint density at radius 3 is 2.82 bits per heavy atom. The average Bonchev–Trinajstić information content (AvgIpc) is 3.01. The van der Waals surface area contributed by atoms with Crippen LogP contribution in [0.2, 0.25) is 0 Å². The Bertz CT molecular complexity index is 749. The van der Waals surface area contributed by atoms with Gasteiger partial charge in [-0.2, -0.15) is 0 Å². The highest BCUT2D eigenvalue weighted by Gasteiger charge is 2.15. The molecule has 0 bridgehead atoms. The number of ether oxygens (including phenoxy) is 3. The van der Waals surface area contributed by atoms with Crippen molar-refractivity contribution < 1.29 is 24.1 Å². The van der Waals surface area contributed by atoms with E-state index in [9.17, 15) is 9.90 Å². The predicted molar refractivity (Wildman–Crippen MR) is 80.6 cm³/mol. The highest BCUT2D eigenvalue weighted by Crippen LogP contribution is 2.32. The first-order valence-corrected chi connectivity index (χ1v) is 6.66. The summed E-state index contributed by atoms with van der Waals surface area (Å²) in [5, 5.41) is 9.54. The topological polar surface area (TPSA) is 65.0 Å². The molecule has 112 valence electrons. The molecule has 1 N–H and O–H groups in total. The van der Waals surface area contributed by atoms with E-state index in [4.69, 9.17) is 14.2 Å². The molecule has 5 nitrogen and oxygen atoms in total. The second-order valence-corrected chi connectivity index (χ2v) is 4.70. The third-order valence-corrected chi connectivity index (χ3v) is 3.29. The van der Waals surface area contributed by atoms with Gasteiger partial charge in [0.2, 0.25) is 6.79 Å². The minimum absolute atomic E-state index is 0.0572. The van der Waals surface area contributed by atoms with Crippen LogP contribution in [0.15, 0.2) is 42.5 Å². The number of methoxy groups -OCH3 is 1. The Morgan fingerprint density at radius 2 is 2.00 bits per heavy atom. The van der Waals surface area contributed by atoms with Gasteiger partial charge in [0.05, 0.1) is 7.11 Å². The lowest BCUT2D eigenvalue weighted by Gasteiger charge is -2.03. The zero-order chi connectivity index (χ0) is 15.5. The van der Waals surface area contributed by atoms with Gasteiger partial charge in [-0.25, -0.2) is 0 Å². The SMILES string of the molecule is COc1cc(/C=C/C(=O)c2ccc3c(c2)OCO3)ccc1O. The van der Waals surface area contributed by atoms with Crippen LogP contribution >= 0.6 is 0 Å². The molecule has 2 aromatic rings. The van der Waals surface area contributed by atoms with Crippen LogP contribution < -0.4 is 14.2 Å². The number of carbonyl (C=O) groups is 1. The van der Waals surface area contributed by atoms with Gasteiger partial charge in [0.25, 0.3) is 0 Å². The third-order valence-electron chi connectivity index (χ3n) is 3.29. The lowest BCUT2D eigenvalue weighted by Crippen LogP contribution is -1.94. The number of allylic oxidation sites excluding steroid dienone is 1. The monoisotopic (exact) mass is 298 g/mol. The van der Waals surface area contributed by atoms with Crippen LogP contribution in [-0.2, 0) is 0 Å². The van der Waals surface area contributed by atoms with Gasteiger partial charge in [-0.15, -0.1) is 0 Å². The van der Waals surface area contributed by atoms with E-state index in [0.29, 0.717) is 22.8 Å². The van der Waals surface area contributed by atoms with Crippen LogP contribution in [0.1, 0.15) is 15.9 Å². The summed E-state index contributed by atoms with van der Waals surface area (Å²) in [7, 11) is 1.47. The number of rotatable bonds is 4. The van der Waals surface area contributed by atoms with Crippen LogP contribution in [0.3, 0.4) is 0 Å². The number of hydrogen-bond donors (Lipinski definition) is 1. The predicted octanol–water partition coefficient (Wildman–Crippen LogP) is 3.03. The van der Waals surface area contributed by atoms with Gasteiger partial charge in [-0.3, -0.25) is 4.79 Å². The van der Waals surface area contributed by atoms with Crippen LogP contribution in [0.25, 0.3) is 6.08 Å². The Labute approximate surface area is 127 Å². The second kappa shape index (κ2) is 5.81. The third kappa shape index (κ3) is 2.74. The highest BCUT2D eigenvalue weighted by molar-refractivity contribution is 6.07. The van der Waals surface area contributed by atoms with Crippen LogP contribution in [0.5, 0.6) is 23.0 Å². The van der Waals surface area contributed by atoms with Crippen molar-refractivity contribution in [3.05, 3.63) is 53.6 Å². The molecule has 0 radical (unpaired) electrons. The largest absolute Gasteiger partial charge is 0.504 e. The van der Waals surface area contributed by atoms with Crippen LogP contribution in [0.4, 0.5) is 0 Å². The summed E-state index contributed by atoms with van der Waals surface area (Å²) in [4.78, 5) is 12.2. The van der Waals surface area contributed by atoms with Crippen molar-refractivity contribution in [3.8, 4) is 23.0 Å². The van der Waals surface area contributed by atoms with Gasteiger partial charge in [-0.1, -0.05) is 12.1 Å². The summed E-state index contributed by atoms with van der Waals surface area (Å²) < 4.78 is 15.5. The Balaban J connectivity index is 1.79. The minimum atomic E-state index is -0.148. The molecule has 0 aromatic heterocycles. The number of carbonyl (C=O) groups excluding carboxylic acids is 1. The first kappa shape index (κ1) is 14.0. The van der Waals surface area contributed by atoms with Crippen molar-refractivity contribution in [3.63, 3.8) is 0 Å².